The molecule has 0 aliphatic carbocycles. The van der Waals surface area contributed by atoms with Crippen molar-refractivity contribution in [2.24, 2.45) is 0 Å². The summed E-state index contributed by atoms with van der Waals surface area (Å²) in [6.07, 6.45) is 0.153. The number of pyridine rings is 1. The van der Waals surface area contributed by atoms with Gasteiger partial charge in [-0.2, -0.15) is 0 Å². The molecule has 3 heterocycles. The highest BCUT2D eigenvalue weighted by atomic mass is 19.1. The zero-order valence-corrected chi connectivity index (χ0v) is 14.7. The molecule has 2 atom stereocenters. The third-order valence-corrected chi connectivity index (χ3v) is 4.63. The van der Waals surface area contributed by atoms with Crippen LogP contribution in [0.3, 0.4) is 0 Å². The van der Waals surface area contributed by atoms with Gasteiger partial charge in [0, 0.05) is 6.20 Å². The monoisotopic (exact) mass is 370 g/mol. The Bertz CT molecular complexity index is 1000. The lowest BCUT2D eigenvalue weighted by Gasteiger charge is -2.24. The molecule has 1 aliphatic rings. The van der Waals surface area contributed by atoms with E-state index < -0.39 is 6.17 Å². The van der Waals surface area contributed by atoms with Gasteiger partial charge in [-0.1, -0.05) is 12.1 Å². The van der Waals surface area contributed by atoms with Gasteiger partial charge in [0.1, 0.15) is 5.82 Å². The smallest absolute Gasteiger partial charge is 0.256 e. The van der Waals surface area contributed by atoms with Crippen molar-refractivity contribution in [3.05, 3.63) is 65.1 Å². The van der Waals surface area contributed by atoms with E-state index in [2.05, 4.69) is 15.2 Å². The van der Waals surface area contributed by atoms with Gasteiger partial charge in [-0.3, -0.25) is 9.78 Å². The third-order valence-electron chi connectivity index (χ3n) is 4.63. The lowest BCUT2D eigenvalue weighted by molar-refractivity contribution is 0.0715. The highest BCUT2D eigenvalue weighted by Gasteiger charge is 2.33. The predicted molar refractivity (Wildman–Crippen MR) is 91.7 cm³/mol. The zero-order chi connectivity index (χ0) is 19.1. The van der Waals surface area contributed by atoms with E-state index in [4.69, 9.17) is 4.42 Å². The van der Waals surface area contributed by atoms with Crippen molar-refractivity contribution in [2.45, 2.75) is 32.6 Å². The van der Waals surface area contributed by atoms with Crippen LogP contribution in [0.25, 0.3) is 11.5 Å². The summed E-state index contributed by atoms with van der Waals surface area (Å²) in [6, 6.07) is 7.45. The van der Waals surface area contributed by atoms with Gasteiger partial charge in [0.2, 0.25) is 5.89 Å². The molecule has 1 aromatic carbocycles. The molecule has 4 rings (SSSR count). The molecule has 0 spiro atoms. The normalized spacial score (nSPS) is 15.7. The fraction of sp³-hybridized carbons (Fsp3) is 0.263. The van der Waals surface area contributed by atoms with Crippen LogP contribution in [-0.2, 0) is 6.54 Å². The first-order valence-corrected chi connectivity index (χ1v) is 8.47. The van der Waals surface area contributed by atoms with E-state index in [1.165, 1.54) is 25.3 Å². The standard InChI is InChI=1S/C19H16F2N4O2/c1-10(20)17-23-24-18(27-17)13-7-15-16(22-8-13)9-25(19(15)26)11(2)12-3-5-14(21)6-4-12/h3-8,10-11H,9H2,1-2H3/t10?,11-/m1/s1. The summed E-state index contributed by atoms with van der Waals surface area (Å²) in [7, 11) is 0. The number of alkyl halides is 1. The first kappa shape index (κ1) is 17.3. The summed E-state index contributed by atoms with van der Waals surface area (Å²) in [6.45, 7) is 3.53. The van der Waals surface area contributed by atoms with Crippen LogP contribution < -0.4 is 0 Å². The second-order valence-corrected chi connectivity index (χ2v) is 6.44. The topological polar surface area (TPSA) is 72.1 Å². The van der Waals surface area contributed by atoms with Crippen LogP contribution in [0.2, 0.25) is 0 Å². The number of benzene rings is 1. The van der Waals surface area contributed by atoms with Gasteiger partial charge in [0.25, 0.3) is 11.8 Å². The molecule has 6 nitrogen and oxygen atoms in total. The minimum absolute atomic E-state index is 0.114. The summed E-state index contributed by atoms with van der Waals surface area (Å²) < 4.78 is 31.7. The van der Waals surface area contributed by atoms with Crippen LogP contribution in [0.15, 0.2) is 40.9 Å². The molecule has 1 amide bonds. The Morgan fingerprint density at radius 3 is 2.59 bits per heavy atom. The Labute approximate surface area is 153 Å². The number of aromatic nitrogens is 3. The molecule has 0 bridgehead atoms. The summed E-state index contributed by atoms with van der Waals surface area (Å²) in [5.74, 6) is -0.518. The van der Waals surface area contributed by atoms with Crippen LogP contribution in [0.5, 0.6) is 0 Å². The van der Waals surface area contributed by atoms with Crippen molar-refractivity contribution in [1.29, 1.82) is 0 Å². The molecule has 0 saturated heterocycles. The molecule has 0 saturated carbocycles. The number of carbonyl (C=O) groups is 1. The SMILES string of the molecule is CC(F)c1nnc(-c2cnc3c(c2)C(=O)N([C@H](C)c2ccc(F)cc2)C3)o1. The van der Waals surface area contributed by atoms with Gasteiger partial charge < -0.3 is 9.32 Å². The molecular formula is C19H16F2N4O2. The Morgan fingerprint density at radius 2 is 1.93 bits per heavy atom. The van der Waals surface area contributed by atoms with Crippen molar-refractivity contribution in [1.82, 2.24) is 20.1 Å². The van der Waals surface area contributed by atoms with Gasteiger partial charge in [0.05, 0.1) is 29.4 Å². The first-order valence-electron chi connectivity index (χ1n) is 8.47. The Kier molecular flexibility index (Phi) is 4.18. The predicted octanol–water partition coefficient (Wildman–Crippen LogP) is 4.02. The molecule has 0 radical (unpaired) electrons. The van der Waals surface area contributed by atoms with E-state index in [1.807, 2.05) is 6.92 Å². The molecular weight excluding hydrogens is 354 g/mol. The second kappa shape index (κ2) is 6.53. The molecule has 0 N–H and O–H groups in total. The highest BCUT2D eigenvalue weighted by Crippen LogP contribution is 2.32. The number of fused-ring (bicyclic) bond motifs is 1. The number of amides is 1. The van der Waals surface area contributed by atoms with Crippen molar-refractivity contribution >= 4 is 5.91 Å². The molecule has 8 heteroatoms. The second-order valence-electron chi connectivity index (χ2n) is 6.44. The maximum Gasteiger partial charge on any atom is 0.256 e. The van der Waals surface area contributed by atoms with Gasteiger partial charge in [0.15, 0.2) is 6.17 Å². The minimum Gasteiger partial charge on any atom is -0.417 e. The quantitative estimate of drug-likeness (QED) is 0.694. The van der Waals surface area contributed by atoms with Gasteiger partial charge >= 0.3 is 0 Å². The Balaban J connectivity index is 1.61. The maximum absolute atomic E-state index is 13.3. The summed E-state index contributed by atoms with van der Waals surface area (Å²) >= 11 is 0. The fourth-order valence-corrected chi connectivity index (χ4v) is 3.06. The van der Waals surface area contributed by atoms with E-state index in [9.17, 15) is 13.6 Å². The summed E-state index contributed by atoms with van der Waals surface area (Å²) in [5, 5.41) is 7.46. The highest BCUT2D eigenvalue weighted by molar-refractivity contribution is 5.98. The zero-order valence-electron chi connectivity index (χ0n) is 14.7. The number of hydrogen-bond acceptors (Lipinski definition) is 5. The molecule has 1 unspecified atom stereocenters. The van der Waals surface area contributed by atoms with Gasteiger partial charge in [-0.05, 0) is 37.6 Å². The van der Waals surface area contributed by atoms with Crippen molar-refractivity contribution in [3.8, 4) is 11.5 Å². The number of carbonyl (C=O) groups excluding carboxylic acids is 1. The third kappa shape index (κ3) is 3.07. The number of halogens is 2. The average Bonchev–Trinajstić information content (AvgIpc) is 3.27. The summed E-state index contributed by atoms with van der Waals surface area (Å²) in [5.41, 5.74) is 2.36. The average molecular weight is 370 g/mol. The maximum atomic E-state index is 13.3. The largest absolute Gasteiger partial charge is 0.417 e. The van der Waals surface area contributed by atoms with Crippen LogP contribution in [-0.4, -0.2) is 26.0 Å². The Morgan fingerprint density at radius 1 is 1.19 bits per heavy atom. The van der Waals surface area contributed by atoms with E-state index >= 15 is 0 Å². The van der Waals surface area contributed by atoms with E-state index in [0.717, 1.165) is 5.56 Å². The number of hydrogen-bond donors (Lipinski definition) is 0. The lowest BCUT2D eigenvalue weighted by atomic mass is 10.1. The fourth-order valence-electron chi connectivity index (χ4n) is 3.06. The number of nitrogens with zero attached hydrogens (tertiary/aromatic N) is 4. The molecule has 0 fully saturated rings. The van der Waals surface area contributed by atoms with Crippen molar-refractivity contribution in [2.75, 3.05) is 0 Å². The molecule has 2 aromatic heterocycles. The van der Waals surface area contributed by atoms with Crippen LogP contribution in [0.4, 0.5) is 8.78 Å². The Hall–Kier alpha value is -3.16. The summed E-state index contributed by atoms with van der Waals surface area (Å²) in [4.78, 5) is 18.9. The van der Waals surface area contributed by atoms with Crippen LogP contribution in [0, 0.1) is 5.82 Å². The first-order chi connectivity index (χ1) is 12.9. The molecule has 27 heavy (non-hydrogen) atoms. The van der Waals surface area contributed by atoms with Crippen molar-refractivity contribution < 1.29 is 18.0 Å². The minimum atomic E-state index is -1.37. The molecule has 1 aliphatic heterocycles. The van der Waals surface area contributed by atoms with E-state index in [-0.39, 0.29) is 29.5 Å². The molecule has 3 aromatic rings. The van der Waals surface area contributed by atoms with Gasteiger partial charge in [-0.15, -0.1) is 10.2 Å². The van der Waals surface area contributed by atoms with E-state index in [0.29, 0.717) is 23.4 Å². The van der Waals surface area contributed by atoms with E-state index in [1.54, 1.807) is 23.1 Å². The lowest BCUT2D eigenvalue weighted by Crippen LogP contribution is -2.27. The van der Waals surface area contributed by atoms with Crippen molar-refractivity contribution in [3.63, 3.8) is 0 Å². The van der Waals surface area contributed by atoms with Crippen LogP contribution >= 0.6 is 0 Å². The van der Waals surface area contributed by atoms with Crippen LogP contribution in [0.1, 0.15) is 53.6 Å². The molecule has 138 valence electrons. The van der Waals surface area contributed by atoms with Gasteiger partial charge in [-0.25, -0.2) is 8.78 Å². The number of rotatable bonds is 4.